The Kier molecular flexibility index (Phi) is 2.12. The number of hydrogen-bond donors (Lipinski definition) is 0. The zero-order valence-electron chi connectivity index (χ0n) is 8.28. The maximum Gasteiger partial charge on any atom is 0.196 e. The molecule has 1 heterocycles. The first-order chi connectivity index (χ1) is 6.70. The van der Waals surface area contributed by atoms with Gasteiger partial charge in [-0.25, -0.2) is 0 Å². The van der Waals surface area contributed by atoms with Gasteiger partial charge in [-0.05, 0) is 18.1 Å². The second-order valence-electron chi connectivity index (χ2n) is 3.67. The standard InChI is InChI=1S/C12H12O2/c1-8(2)10-7-14-11-6-4-3-5-9(11)12(10)13/h3-8H,1-2H3. The van der Waals surface area contributed by atoms with Crippen molar-refractivity contribution in [1.82, 2.24) is 0 Å². The van der Waals surface area contributed by atoms with Crippen molar-refractivity contribution < 1.29 is 4.42 Å². The lowest BCUT2D eigenvalue weighted by atomic mass is 10.0. The Hall–Kier alpha value is -1.57. The normalized spacial score (nSPS) is 11.1. The SMILES string of the molecule is CC(C)c1coc2ccccc2c1=O. The fourth-order valence-corrected chi connectivity index (χ4v) is 1.49. The zero-order valence-corrected chi connectivity index (χ0v) is 8.28. The highest BCUT2D eigenvalue weighted by Gasteiger charge is 2.08. The van der Waals surface area contributed by atoms with E-state index in [1.807, 2.05) is 26.0 Å². The molecular weight excluding hydrogens is 176 g/mol. The van der Waals surface area contributed by atoms with E-state index in [1.165, 1.54) is 0 Å². The van der Waals surface area contributed by atoms with E-state index in [9.17, 15) is 4.79 Å². The minimum atomic E-state index is 0.0850. The van der Waals surface area contributed by atoms with Crippen LogP contribution in [-0.4, -0.2) is 0 Å². The van der Waals surface area contributed by atoms with Gasteiger partial charge in [0.1, 0.15) is 5.58 Å². The van der Waals surface area contributed by atoms with Gasteiger partial charge in [0, 0.05) is 5.56 Å². The van der Waals surface area contributed by atoms with Crippen molar-refractivity contribution in [3.63, 3.8) is 0 Å². The second kappa shape index (κ2) is 3.29. The van der Waals surface area contributed by atoms with E-state index in [0.29, 0.717) is 11.0 Å². The largest absolute Gasteiger partial charge is 0.464 e. The van der Waals surface area contributed by atoms with Gasteiger partial charge in [-0.15, -0.1) is 0 Å². The molecule has 0 unspecified atom stereocenters. The summed E-state index contributed by atoms with van der Waals surface area (Å²) in [7, 11) is 0. The number of hydrogen-bond acceptors (Lipinski definition) is 2. The van der Waals surface area contributed by atoms with E-state index in [2.05, 4.69) is 0 Å². The van der Waals surface area contributed by atoms with Crippen LogP contribution in [0.25, 0.3) is 11.0 Å². The van der Waals surface area contributed by atoms with E-state index >= 15 is 0 Å². The first-order valence-corrected chi connectivity index (χ1v) is 4.70. The highest BCUT2D eigenvalue weighted by Crippen LogP contribution is 2.15. The lowest BCUT2D eigenvalue weighted by molar-refractivity contribution is 0.586. The van der Waals surface area contributed by atoms with Crippen LogP contribution in [0.4, 0.5) is 0 Å². The summed E-state index contributed by atoms with van der Waals surface area (Å²) < 4.78 is 5.38. The fourth-order valence-electron chi connectivity index (χ4n) is 1.49. The van der Waals surface area contributed by atoms with Gasteiger partial charge in [0.2, 0.25) is 0 Å². The minimum absolute atomic E-state index is 0.0850. The highest BCUT2D eigenvalue weighted by atomic mass is 16.3. The van der Waals surface area contributed by atoms with Gasteiger partial charge >= 0.3 is 0 Å². The van der Waals surface area contributed by atoms with E-state index in [-0.39, 0.29) is 11.3 Å². The summed E-state index contributed by atoms with van der Waals surface area (Å²) in [5.74, 6) is 0.204. The molecule has 0 radical (unpaired) electrons. The monoisotopic (exact) mass is 188 g/mol. The molecule has 14 heavy (non-hydrogen) atoms. The predicted octanol–water partition coefficient (Wildman–Crippen LogP) is 2.92. The van der Waals surface area contributed by atoms with E-state index in [0.717, 1.165) is 5.56 Å². The summed E-state index contributed by atoms with van der Waals surface area (Å²) in [6, 6.07) is 7.32. The van der Waals surface area contributed by atoms with Crippen molar-refractivity contribution in [3.8, 4) is 0 Å². The second-order valence-corrected chi connectivity index (χ2v) is 3.67. The summed E-state index contributed by atoms with van der Waals surface area (Å²) in [5.41, 5.74) is 1.48. The molecule has 0 atom stereocenters. The van der Waals surface area contributed by atoms with Crippen LogP contribution in [0.5, 0.6) is 0 Å². The predicted molar refractivity (Wildman–Crippen MR) is 56.6 cm³/mol. The Morgan fingerprint density at radius 2 is 1.93 bits per heavy atom. The van der Waals surface area contributed by atoms with Gasteiger partial charge in [0.05, 0.1) is 11.6 Å². The van der Waals surface area contributed by atoms with Crippen LogP contribution < -0.4 is 5.43 Å². The van der Waals surface area contributed by atoms with Gasteiger partial charge in [-0.2, -0.15) is 0 Å². The third kappa shape index (κ3) is 1.33. The first-order valence-electron chi connectivity index (χ1n) is 4.70. The van der Waals surface area contributed by atoms with Crippen molar-refractivity contribution in [3.05, 3.63) is 46.3 Å². The number of rotatable bonds is 1. The fraction of sp³-hybridized carbons (Fsp3) is 0.250. The third-order valence-corrected chi connectivity index (χ3v) is 2.33. The van der Waals surface area contributed by atoms with Crippen LogP contribution in [0.15, 0.2) is 39.7 Å². The Bertz CT molecular complexity index is 509. The zero-order chi connectivity index (χ0) is 10.1. The Labute approximate surface area is 82.2 Å². The molecule has 0 bridgehead atoms. The van der Waals surface area contributed by atoms with Crippen molar-refractivity contribution in [2.45, 2.75) is 19.8 Å². The third-order valence-electron chi connectivity index (χ3n) is 2.33. The topological polar surface area (TPSA) is 30.2 Å². The maximum atomic E-state index is 11.9. The molecule has 0 fully saturated rings. The van der Waals surface area contributed by atoms with Gasteiger partial charge in [0.25, 0.3) is 0 Å². The molecule has 0 aliphatic carbocycles. The molecule has 0 saturated carbocycles. The average molecular weight is 188 g/mol. The van der Waals surface area contributed by atoms with Gasteiger partial charge < -0.3 is 4.42 Å². The van der Waals surface area contributed by atoms with Gasteiger partial charge in [-0.1, -0.05) is 26.0 Å². The van der Waals surface area contributed by atoms with Crippen molar-refractivity contribution in [2.24, 2.45) is 0 Å². The molecule has 1 aromatic heterocycles. The van der Waals surface area contributed by atoms with E-state index in [4.69, 9.17) is 4.42 Å². The summed E-state index contributed by atoms with van der Waals surface area (Å²) in [6.45, 7) is 3.97. The van der Waals surface area contributed by atoms with E-state index < -0.39 is 0 Å². The molecule has 72 valence electrons. The van der Waals surface area contributed by atoms with E-state index in [1.54, 1.807) is 18.4 Å². The number of para-hydroxylation sites is 1. The molecule has 1 aromatic carbocycles. The number of benzene rings is 1. The molecule has 2 rings (SSSR count). The van der Waals surface area contributed by atoms with Crippen LogP contribution >= 0.6 is 0 Å². The molecule has 2 heteroatoms. The average Bonchev–Trinajstić information content (AvgIpc) is 2.18. The molecule has 0 aliphatic heterocycles. The van der Waals surface area contributed by atoms with Crippen LogP contribution in [-0.2, 0) is 0 Å². The van der Waals surface area contributed by atoms with Crippen LogP contribution in [0, 0.1) is 0 Å². The van der Waals surface area contributed by atoms with Crippen LogP contribution in [0.1, 0.15) is 25.3 Å². The summed E-state index contributed by atoms with van der Waals surface area (Å²) in [5, 5.41) is 0.665. The molecule has 0 spiro atoms. The van der Waals surface area contributed by atoms with Gasteiger partial charge in [-0.3, -0.25) is 4.79 Å². The molecular formula is C12H12O2. The lowest BCUT2D eigenvalue weighted by Crippen LogP contribution is -2.09. The number of fused-ring (bicyclic) bond motifs is 1. The Morgan fingerprint density at radius 1 is 1.21 bits per heavy atom. The lowest BCUT2D eigenvalue weighted by Gasteiger charge is -2.04. The minimum Gasteiger partial charge on any atom is -0.464 e. The quantitative estimate of drug-likeness (QED) is 0.688. The molecule has 0 N–H and O–H groups in total. The molecule has 2 aromatic rings. The summed E-state index contributed by atoms with van der Waals surface area (Å²) >= 11 is 0. The van der Waals surface area contributed by atoms with Crippen molar-refractivity contribution in [2.75, 3.05) is 0 Å². The van der Waals surface area contributed by atoms with Crippen LogP contribution in [0.2, 0.25) is 0 Å². The molecule has 0 aliphatic rings. The summed E-state index contributed by atoms with van der Waals surface area (Å²) in [4.78, 5) is 11.9. The van der Waals surface area contributed by atoms with Crippen molar-refractivity contribution >= 4 is 11.0 Å². The van der Waals surface area contributed by atoms with Gasteiger partial charge in [0.15, 0.2) is 5.43 Å². The summed E-state index contributed by atoms with van der Waals surface area (Å²) in [6.07, 6.45) is 1.56. The van der Waals surface area contributed by atoms with Crippen LogP contribution in [0.3, 0.4) is 0 Å². The smallest absolute Gasteiger partial charge is 0.196 e. The molecule has 2 nitrogen and oxygen atoms in total. The maximum absolute atomic E-state index is 11.9. The Morgan fingerprint density at radius 3 is 2.64 bits per heavy atom. The molecule has 0 amide bonds. The highest BCUT2D eigenvalue weighted by molar-refractivity contribution is 5.76. The Balaban J connectivity index is 2.82. The first kappa shape index (κ1) is 9.00. The van der Waals surface area contributed by atoms with Crippen molar-refractivity contribution in [1.29, 1.82) is 0 Å². The molecule has 0 saturated heterocycles.